The summed E-state index contributed by atoms with van der Waals surface area (Å²) in [6.07, 6.45) is 0.815. The summed E-state index contributed by atoms with van der Waals surface area (Å²) in [5.74, 6) is -0.120. The lowest BCUT2D eigenvalue weighted by molar-refractivity contribution is -0.0693. The Labute approximate surface area is 105 Å². The molecule has 2 rings (SSSR count). The summed E-state index contributed by atoms with van der Waals surface area (Å²) in [7, 11) is 0. The third-order valence-corrected chi connectivity index (χ3v) is 3.63. The van der Waals surface area contributed by atoms with Crippen LogP contribution in [0.1, 0.15) is 44.6 Å². The molecule has 1 aliphatic rings. The van der Waals surface area contributed by atoms with E-state index in [4.69, 9.17) is 4.74 Å². The maximum atomic E-state index is 11.9. The number of thiazole rings is 1. The first kappa shape index (κ1) is 12.5. The van der Waals surface area contributed by atoms with Crippen molar-refractivity contribution >= 4 is 17.2 Å². The Morgan fingerprint density at radius 1 is 1.53 bits per heavy atom. The Balaban J connectivity index is 2.07. The summed E-state index contributed by atoms with van der Waals surface area (Å²) >= 11 is 1.42. The lowest BCUT2D eigenvalue weighted by Crippen LogP contribution is -2.46. The fourth-order valence-corrected chi connectivity index (χ4v) is 2.88. The molecule has 4 nitrogen and oxygen atoms in total. The van der Waals surface area contributed by atoms with Gasteiger partial charge in [-0.1, -0.05) is 0 Å². The molecular formula is C12H18N2O2S. The van der Waals surface area contributed by atoms with Crippen molar-refractivity contribution in [3.63, 3.8) is 0 Å². The van der Waals surface area contributed by atoms with Gasteiger partial charge in [-0.05, 0) is 34.1 Å². The average Bonchev–Trinajstić information content (AvgIpc) is 2.72. The Morgan fingerprint density at radius 2 is 2.24 bits per heavy atom. The maximum Gasteiger partial charge on any atom is 0.271 e. The van der Waals surface area contributed by atoms with Gasteiger partial charge in [-0.3, -0.25) is 4.79 Å². The normalized spacial score (nSPS) is 25.8. The monoisotopic (exact) mass is 254 g/mol. The minimum atomic E-state index is -0.338. The van der Waals surface area contributed by atoms with Crippen LogP contribution in [0.2, 0.25) is 0 Å². The lowest BCUT2D eigenvalue weighted by Gasteiger charge is -2.27. The van der Waals surface area contributed by atoms with Crippen LogP contribution in [-0.4, -0.2) is 28.1 Å². The maximum absolute atomic E-state index is 11.9. The zero-order valence-corrected chi connectivity index (χ0v) is 11.4. The molecule has 1 amide bonds. The highest BCUT2D eigenvalue weighted by atomic mass is 32.1. The number of carbonyl (C=O) groups is 1. The number of nitrogens with one attached hydrogen (secondary N) is 1. The third kappa shape index (κ3) is 2.66. The Bertz CT molecular complexity index is 412. The van der Waals surface area contributed by atoms with Crippen LogP contribution in [0.25, 0.3) is 0 Å². The van der Waals surface area contributed by atoms with Gasteiger partial charge in [-0.15, -0.1) is 11.3 Å². The van der Waals surface area contributed by atoms with E-state index in [1.54, 1.807) is 10.9 Å². The lowest BCUT2D eigenvalue weighted by atomic mass is 9.94. The second kappa shape index (κ2) is 4.07. The van der Waals surface area contributed by atoms with Crippen molar-refractivity contribution in [3.8, 4) is 0 Å². The van der Waals surface area contributed by atoms with Crippen LogP contribution in [0.5, 0.6) is 0 Å². The van der Waals surface area contributed by atoms with Gasteiger partial charge in [0.1, 0.15) is 5.69 Å². The summed E-state index contributed by atoms with van der Waals surface area (Å²) in [5, 5.41) is 4.76. The van der Waals surface area contributed by atoms with E-state index in [1.165, 1.54) is 11.3 Å². The van der Waals surface area contributed by atoms with Gasteiger partial charge < -0.3 is 10.1 Å². The first-order valence-corrected chi connectivity index (χ1v) is 6.64. The molecule has 5 heteroatoms. The highest BCUT2D eigenvalue weighted by molar-refractivity contribution is 7.07. The zero-order valence-electron chi connectivity index (χ0n) is 10.6. The van der Waals surface area contributed by atoms with Crippen molar-refractivity contribution in [2.24, 2.45) is 0 Å². The number of rotatable bonds is 2. The molecule has 1 aromatic rings. The molecule has 0 spiro atoms. The van der Waals surface area contributed by atoms with Gasteiger partial charge in [-0.2, -0.15) is 0 Å². The number of nitrogens with zero attached hydrogens (tertiary/aromatic N) is 1. The fourth-order valence-electron chi connectivity index (χ4n) is 2.34. The van der Waals surface area contributed by atoms with Crippen molar-refractivity contribution in [2.75, 3.05) is 0 Å². The van der Waals surface area contributed by atoms with E-state index in [-0.39, 0.29) is 23.2 Å². The molecule has 0 unspecified atom stereocenters. The quantitative estimate of drug-likeness (QED) is 0.880. The molecule has 17 heavy (non-hydrogen) atoms. The second-order valence-electron chi connectivity index (χ2n) is 5.57. The average molecular weight is 254 g/mol. The molecule has 94 valence electrons. The van der Waals surface area contributed by atoms with Crippen LogP contribution in [-0.2, 0) is 4.74 Å². The van der Waals surface area contributed by atoms with Gasteiger partial charge in [-0.25, -0.2) is 4.98 Å². The molecule has 2 heterocycles. The molecule has 1 atom stereocenters. The molecule has 1 aromatic heterocycles. The molecule has 1 saturated heterocycles. The topological polar surface area (TPSA) is 51.2 Å². The van der Waals surface area contributed by atoms with Crippen LogP contribution >= 0.6 is 11.3 Å². The SMILES string of the molecule is CC1(C)C[C@@H](NC(=O)c2cscn2)C(C)(C)O1. The third-order valence-electron chi connectivity index (χ3n) is 3.04. The molecule has 0 bridgehead atoms. The molecule has 0 saturated carbocycles. The van der Waals surface area contributed by atoms with Crippen molar-refractivity contribution in [1.29, 1.82) is 0 Å². The predicted molar refractivity (Wildman–Crippen MR) is 67.2 cm³/mol. The smallest absolute Gasteiger partial charge is 0.271 e. The van der Waals surface area contributed by atoms with Gasteiger partial charge in [0, 0.05) is 5.38 Å². The van der Waals surface area contributed by atoms with E-state index in [2.05, 4.69) is 10.3 Å². The number of ether oxygens (including phenoxy) is 1. The van der Waals surface area contributed by atoms with Crippen LogP contribution < -0.4 is 5.32 Å². The van der Waals surface area contributed by atoms with E-state index < -0.39 is 0 Å². The molecule has 1 fully saturated rings. The Morgan fingerprint density at radius 3 is 2.71 bits per heavy atom. The van der Waals surface area contributed by atoms with Crippen LogP contribution in [0.15, 0.2) is 10.9 Å². The first-order valence-electron chi connectivity index (χ1n) is 5.69. The van der Waals surface area contributed by atoms with E-state index >= 15 is 0 Å². The molecule has 0 aliphatic carbocycles. The van der Waals surface area contributed by atoms with Gasteiger partial charge in [0.2, 0.25) is 0 Å². The summed E-state index contributed by atoms with van der Waals surface area (Å²) in [6, 6.07) is 0.0201. The van der Waals surface area contributed by atoms with Crippen LogP contribution in [0.3, 0.4) is 0 Å². The number of amides is 1. The van der Waals surface area contributed by atoms with E-state index in [9.17, 15) is 4.79 Å². The summed E-state index contributed by atoms with van der Waals surface area (Å²) < 4.78 is 5.93. The Hall–Kier alpha value is -0.940. The van der Waals surface area contributed by atoms with E-state index in [0.717, 1.165) is 6.42 Å². The van der Waals surface area contributed by atoms with Gasteiger partial charge in [0.25, 0.3) is 5.91 Å². The minimum Gasteiger partial charge on any atom is -0.367 e. The molecular weight excluding hydrogens is 236 g/mol. The fraction of sp³-hybridized carbons (Fsp3) is 0.667. The van der Waals surface area contributed by atoms with Crippen molar-refractivity contribution in [3.05, 3.63) is 16.6 Å². The standard InChI is InChI=1S/C12H18N2O2S/c1-11(2)5-9(12(3,4)16-11)14-10(15)8-6-17-7-13-8/h6-7,9H,5H2,1-4H3,(H,14,15)/t9-/m1/s1. The summed E-state index contributed by atoms with van der Waals surface area (Å²) in [5.41, 5.74) is 1.61. The van der Waals surface area contributed by atoms with Crippen molar-refractivity contribution in [2.45, 2.75) is 51.4 Å². The largest absolute Gasteiger partial charge is 0.367 e. The minimum absolute atomic E-state index is 0.0201. The second-order valence-corrected chi connectivity index (χ2v) is 6.29. The summed E-state index contributed by atoms with van der Waals surface area (Å²) in [4.78, 5) is 15.9. The van der Waals surface area contributed by atoms with Gasteiger partial charge >= 0.3 is 0 Å². The van der Waals surface area contributed by atoms with E-state index in [1.807, 2.05) is 27.7 Å². The highest BCUT2D eigenvalue weighted by Crippen LogP contribution is 2.37. The number of aromatic nitrogens is 1. The number of hydrogen-bond acceptors (Lipinski definition) is 4. The van der Waals surface area contributed by atoms with Gasteiger partial charge in [0.15, 0.2) is 0 Å². The predicted octanol–water partition coefficient (Wildman–Crippen LogP) is 2.22. The number of carbonyl (C=O) groups excluding carboxylic acids is 1. The zero-order chi connectivity index (χ0) is 12.7. The van der Waals surface area contributed by atoms with Crippen molar-refractivity contribution in [1.82, 2.24) is 10.3 Å². The number of hydrogen-bond donors (Lipinski definition) is 1. The Kier molecular flexibility index (Phi) is 2.99. The van der Waals surface area contributed by atoms with E-state index in [0.29, 0.717) is 5.69 Å². The van der Waals surface area contributed by atoms with Crippen molar-refractivity contribution < 1.29 is 9.53 Å². The summed E-state index contributed by atoms with van der Waals surface area (Å²) in [6.45, 7) is 8.11. The molecule has 0 aromatic carbocycles. The van der Waals surface area contributed by atoms with Gasteiger partial charge in [0.05, 0.1) is 22.8 Å². The first-order chi connectivity index (χ1) is 7.80. The molecule has 1 aliphatic heterocycles. The van der Waals surface area contributed by atoms with Crippen LogP contribution in [0.4, 0.5) is 0 Å². The molecule has 0 radical (unpaired) electrons. The molecule has 1 N–H and O–H groups in total. The highest BCUT2D eigenvalue weighted by Gasteiger charge is 2.46. The van der Waals surface area contributed by atoms with Crippen LogP contribution in [0, 0.1) is 0 Å².